The summed E-state index contributed by atoms with van der Waals surface area (Å²) in [5.41, 5.74) is 3.70. The number of benzene rings is 3. The SMILES string of the molecule is Cc1cccc(C(=O)Nc2cccc(SC(C)C(=O)Nc3nc(-c4ccc(Cl)cc4Cl)cs3)c2)c1. The van der Waals surface area contributed by atoms with Crippen LogP contribution in [-0.4, -0.2) is 22.0 Å². The van der Waals surface area contributed by atoms with Gasteiger partial charge in [-0.3, -0.25) is 9.59 Å². The zero-order valence-corrected chi connectivity index (χ0v) is 22.0. The van der Waals surface area contributed by atoms with Crippen molar-refractivity contribution < 1.29 is 9.59 Å². The second-order valence-corrected chi connectivity index (χ2v) is 10.9. The highest BCUT2D eigenvalue weighted by atomic mass is 35.5. The van der Waals surface area contributed by atoms with E-state index in [1.807, 2.05) is 61.7 Å². The molecule has 1 unspecified atom stereocenters. The molecule has 1 atom stereocenters. The number of carbonyl (C=O) groups excluding carboxylic acids is 2. The van der Waals surface area contributed by atoms with Crippen molar-refractivity contribution in [3.8, 4) is 11.3 Å². The van der Waals surface area contributed by atoms with Crippen LogP contribution in [0.4, 0.5) is 10.8 Å². The Morgan fingerprint density at radius 3 is 2.57 bits per heavy atom. The number of thiazole rings is 1. The van der Waals surface area contributed by atoms with Gasteiger partial charge in [0, 0.05) is 32.1 Å². The van der Waals surface area contributed by atoms with Crippen molar-refractivity contribution in [2.45, 2.75) is 24.0 Å². The summed E-state index contributed by atoms with van der Waals surface area (Å²) >= 11 is 15.0. The number of halogens is 2. The van der Waals surface area contributed by atoms with Crippen LogP contribution in [0.3, 0.4) is 0 Å². The second-order valence-electron chi connectivity index (χ2n) is 7.76. The minimum Gasteiger partial charge on any atom is -0.322 e. The van der Waals surface area contributed by atoms with Crippen molar-refractivity contribution in [3.63, 3.8) is 0 Å². The topological polar surface area (TPSA) is 71.1 Å². The van der Waals surface area contributed by atoms with E-state index in [4.69, 9.17) is 23.2 Å². The number of nitrogens with zero attached hydrogens (tertiary/aromatic N) is 1. The number of carbonyl (C=O) groups is 2. The summed E-state index contributed by atoms with van der Waals surface area (Å²) < 4.78 is 0. The quantitative estimate of drug-likeness (QED) is 0.234. The minimum atomic E-state index is -0.385. The number of hydrogen-bond acceptors (Lipinski definition) is 5. The smallest absolute Gasteiger partial charge is 0.255 e. The van der Waals surface area contributed by atoms with Gasteiger partial charge in [0.05, 0.1) is 16.0 Å². The molecule has 2 N–H and O–H groups in total. The molecule has 0 saturated carbocycles. The number of thioether (sulfide) groups is 1. The lowest BCUT2D eigenvalue weighted by atomic mass is 10.1. The van der Waals surface area contributed by atoms with Crippen LogP contribution in [0.1, 0.15) is 22.8 Å². The standard InChI is InChI=1S/C26H21Cl2N3O2S2/c1-15-5-3-6-17(11-15)25(33)29-19-7-4-8-20(13-19)35-16(2)24(32)31-26-30-23(14-34-26)21-10-9-18(27)12-22(21)28/h3-14,16H,1-2H3,(H,29,33)(H,30,31,32). The molecule has 4 aromatic rings. The highest BCUT2D eigenvalue weighted by molar-refractivity contribution is 8.00. The molecule has 0 aliphatic rings. The van der Waals surface area contributed by atoms with Gasteiger partial charge in [0.15, 0.2) is 5.13 Å². The van der Waals surface area contributed by atoms with Gasteiger partial charge >= 0.3 is 0 Å². The first kappa shape index (κ1) is 25.3. The summed E-state index contributed by atoms with van der Waals surface area (Å²) in [6, 6.07) is 20.0. The summed E-state index contributed by atoms with van der Waals surface area (Å²) in [5, 5.41) is 8.77. The monoisotopic (exact) mass is 541 g/mol. The van der Waals surface area contributed by atoms with Gasteiger partial charge in [-0.05, 0) is 62.4 Å². The average molecular weight is 543 g/mol. The minimum absolute atomic E-state index is 0.174. The van der Waals surface area contributed by atoms with E-state index >= 15 is 0 Å². The van der Waals surface area contributed by atoms with Gasteiger partial charge in [0.2, 0.25) is 5.91 Å². The molecule has 1 aromatic heterocycles. The number of rotatable bonds is 7. The molecule has 178 valence electrons. The molecule has 0 aliphatic heterocycles. The molecule has 4 rings (SSSR count). The largest absolute Gasteiger partial charge is 0.322 e. The predicted octanol–water partition coefficient (Wildman–Crippen LogP) is 7.80. The first-order valence-electron chi connectivity index (χ1n) is 10.6. The molecule has 5 nitrogen and oxygen atoms in total. The first-order valence-corrected chi connectivity index (χ1v) is 13.2. The van der Waals surface area contributed by atoms with E-state index in [2.05, 4.69) is 15.6 Å². The molecule has 0 spiro atoms. The fourth-order valence-corrected chi connectivity index (χ4v) is 5.40. The van der Waals surface area contributed by atoms with Crippen LogP contribution in [0.15, 0.2) is 77.0 Å². The third-order valence-electron chi connectivity index (χ3n) is 5.00. The predicted molar refractivity (Wildman–Crippen MR) is 147 cm³/mol. The van der Waals surface area contributed by atoms with E-state index in [0.717, 1.165) is 16.0 Å². The zero-order valence-electron chi connectivity index (χ0n) is 18.8. The summed E-state index contributed by atoms with van der Waals surface area (Å²) in [7, 11) is 0. The van der Waals surface area contributed by atoms with Crippen molar-refractivity contribution in [2.75, 3.05) is 10.6 Å². The summed E-state index contributed by atoms with van der Waals surface area (Å²) in [6.45, 7) is 3.77. The Morgan fingerprint density at radius 2 is 1.80 bits per heavy atom. The fourth-order valence-electron chi connectivity index (χ4n) is 3.25. The van der Waals surface area contributed by atoms with Gasteiger partial charge in [-0.25, -0.2) is 4.98 Å². The van der Waals surface area contributed by atoms with E-state index < -0.39 is 0 Å². The van der Waals surface area contributed by atoms with Crippen LogP contribution < -0.4 is 10.6 Å². The lowest BCUT2D eigenvalue weighted by Gasteiger charge is -2.12. The van der Waals surface area contributed by atoms with E-state index in [-0.39, 0.29) is 17.1 Å². The number of aryl methyl sites for hydroxylation is 1. The molecule has 3 aromatic carbocycles. The molecule has 9 heteroatoms. The molecule has 0 saturated heterocycles. The Labute approximate surface area is 221 Å². The molecular formula is C26H21Cl2N3O2S2. The third kappa shape index (κ3) is 6.64. The van der Waals surface area contributed by atoms with Crippen molar-refractivity contribution in [2.24, 2.45) is 0 Å². The number of anilines is 2. The Bertz CT molecular complexity index is 1390. The molecule has 0 aliphatic carbocycles. The van der Waals surface area contributed by atoms with Gasteiger partial charge in [-0.1, -0.05) is 47.0 Å². The number of amides is 2. The van der Waals surface area contributed by atoms with Crippen molar-refractivity contribution in [1.29, 1.82) is 0 Å². The molecule has 0 radical (unpaired) electrons. The van der Waals surface area contributed by atoms with Gasteiger partial charge in [0.25, 0.3) is 5.91 Å². The maximum Gasteiger partial charge on any atom is 0.255 e. The Hall–Kier alpha value is -2.84. The Morgan fingerprint density at radius 1 is 1.00 bits per heavy atom. The Balaban J connectivity index is 1.37. The zero-order chi connectivity index (χ0) is 24.9. The van der Waals surface area contributed by atoms with E-state index in [1.165, 1.54) is 23.1 Å². The van der Waals surface area contributed by atoms with Gasteiger partial charge in [0.1, 0.15) is 0 Å². The van der Waals surface area contributed by atoms with E-state index in [0.29, 0.717) is 32.1 Å². The highest BCUT2D eigenvalue weighted by Crippen LogP contribution is 2.33. The van der Waals surface area contributed by atoms with E-state index in [1.54, 1.807) is 24.3 Å². The first-order chi connectivity index (χ1) is 16.8. The van der Waals surface area contributed by atoms with E-state index in [9.17, 15) is 9.59 Å². The van der Waals surface area contributed by atoms with Crippen molar-refractivity contribution in [1.82, 2.24) is 4.98 Å². The third-order valence-corrected chi connectivity index (χ3v) is 7.39. The lowest BCUT2D eigenvalue weighted by Crippen LogP contribution is -2.22. The van der Waals surface area contributed by atoms with Crippen LogP contribution >= 0.6 is 46.3 Å². The van der Waals surface area contributed by atoms with Crippen molar-refractivity contribution in [3.05, 3.63) is 93.3 Å². The van der Waals surface area contributed by atoms with Crippen LogP contribution in [0.5, 0.6) is 0 Å². The highest BCUT2D eigenvalue weighted by Gasteiger charge is 2.17. The van der Waals surface area contributed by atoms with Crippen LogP contribution in [-0.2, 0) is 4.79 Å². The number of nitrogens with one attached hydrogen (secondary N) is 2. The number of hydrogen-bond donors (Lipinski definition) is 2. The second kappa shape index (κ2) is 11.3. The molecule has 2 amide bonds. The molecule has 35 heavy (non-hydrogen) atoms. The Kier molecular flexibility index (Phi) is 8.13. The summed E-state index contributed by atoms with van der Waals surface area (Å²) in [4.78, 5) is 30.7. The normalized spacial score (nSPS) is 11.7. The molecule has 1 heterocycles. The van der Waals surface area contributed by atoms with Crippen LogP contribution in [0.2, 0.25) is 10.0 Å². The molecule has 0 bridgehead atoms. The van der Waals surface area contributed by atoms with Gasteiger partial charge < -0.3 is 10.6 Å². The fraction of sp³-hybridized carbons (Fsp3) is 0.115. The maximum atomic E-state index is 12.8. The number of aromatic nitrogens is 1. The van der Waals surface area contributed by atoms with Crippen LogP contribution in [0, 0.1) is 6.92 Å². The van der Waals surface area contributed by atoms with Crippen molar-refractivity contribution >= 4 is 68.9 Å². The van der Waals surface area contributed by atoms with Gasteiger partial charge in [-0.2, -0.15) is 0 Å². The maximum absolute atomic E-state index is 12.8. The summed E-state index contributed by atoms with van der Waals surface area (Å²) in [6.07, 6.45) is 0. The van der Waals surface area contributed by atoms with Gasteiger partial charge in [-0.15, -0.1) is 23.1 Å². The van der Waals surface area contributed by atoms with Crippen LogP contribution in [0.25, 0.3) is 11.3 Å². The average Bonchev–Trinajstić information content (AvgIpc) is 3.27. The molecule has 0 fully saturated rings. The lowest BCUT2D eigenvalue weighted by molar-refractivity contribution is -0.115. The molecular weight excluding hydrogens is 521 g/mol. The summed E-state index contributed by atoms with van der Waals surface area (Å²) in [5.74, 6) is -0.352.